The highest BCUT2D eigenvalue weighted by Crippen LogP contribution is 2.10. The predicted octanol–water partition coefficient (Wildman–Crippen LogP) is 4.79. The molecule has 0 saturated heterocycles. The summed E-state index contributed by atoms with van der Waals surface area (Å²) in [6.45, 7) is 4.67. The summed E-state index contributed by atoms with van der Waals surface area (Å²) in [5.41, 5.74) is 0. The molecule has 19 heavy (non-hydrogen) atoms. The zero-order valence-corrected chi connectivity index (χ0v) is 12.8. The Hall–Kier alpha value is -0.570. The Labute approximate surface area is 118 Å². The number of carbonyl (C=O) groups is 1. The number of carboxylic acids is 1. The summed E-state index contributed by atoms with van der Waals surface area (Å²) in [5, 5.41) is 8.81. The van der Waals surface area contributed by atoms with Crippen LogP contribution in [0.15, 0.2) is 0 Å². The summed E-state index contributed by atoms with van der Waals surface area (Å²) < 4.78 is 5.33. The normalized spacial score (nSPS) is 12.5. The molecule has 3 heteroatoms. The van der Waals surface area contributed by atoms with Crippen molar-refractivity contribution in [2.75, 3.05) is 6.61 Å². The highest BCUT2D eigenvalue weighted by molar-refractivity contribution is 5.72. The van der Waals surface area contributed by atoms with E-state index < -0.39 is 12.1 Å². The minimum absolute atomic E-state index is 0.549. The van der Waals surface area contributed by atoms with E-state index in [1.807, 2.05) is 6.92 Å². The van der Waals surface area contributed by atoms with Crippen molar-refractivity contribution in [1.29, 1.82) is 0 Å². The summed E-state index contributed by atoms with van der Waals surface area (Å²) in [6.07, 6.45) is 12.8. The average molecular weight is 272 g/mol. The second-order valence-corrected chi connectivity index (χ2v) is 5.29. The van der Waals surface area contributed by atoms with Crippen LogP contribution in [-0.2, 0) is 9.53 Å². The van der Waals surface area contributed by atoms with E-state index in [-0.39, 0.29) is 0 Å². The van der Waals surface area contributed by atoms with E-state index >= 15 is 0 Å². The van der Waals surface area contributed by atoms with Gasteiger partial charge >= 0.3 is 5.97 Å². The summed E-state index contributed by atoms with van der Waals surface area (Å²) in [4.78, 5) is 10.7. The van der Waals surface area contributed by atoms with Gasteiger partial charge in [0.2, 0.25) is 0 Å². The van der Waals surface area contributed by atoms with Crippen LogP contribution in [0.1, 0.15) is 84.5 Å². The van der Waals surface area contributed by atoms with Gasteiger partial charge in [0.15, 0.2) is 6.10 Å². The maximum absolute atomic E-state index is 10.7. The Kier molecular flexibility index (Phi) is 13.4. The van der Waals surface area contributed by atoms with Crippen LogP contribution in [0, 0.1) is 0 Å². The van der Waals surface area contributed by atoms with Crippen LogP contribution < -0.4 is 0 Å². The Bertz CT molecular complexity index is 204. The van der Waals surface area contributed by atoms with Gasteiger partial charge < -0.3 is 9.84 Å². The first kappa shape index (κ1) is 18.4. The molecular formula is C16H32O3. The summed E-state index contributed by atoms with van der Waals surface area (Å²) >= 11 is 0. The molecule has 0 aliphatic carbocycles. The van der Waals surface area contributed by atoms with Crippen LogP contribution in [0.5, 0.6) is 0 Å². The number of unbranched alkanes of at least 4 members (excludes halogenated alkanes) is 9. The first-order chi connectivity index (χ1) is 9.22. The van der Waals surface area contributed by atoms with Crippen molar-refractivity contribution in [3.8, 4) is 0 Å². The molecule has 0 fully saturated rings. The Morgan fingerprint density at radius 2 is 1.37 bits per heavy atom. The van der Waals surface area contributed by atoms with Crippen LogP contribution in [0.4, 0.5) is 0 Å². The quantitative estimate of drug-likeness (QED) is 0.463. The van der Waals surface area contributed by atoms with E-state index in [1.165, 1.54) is 51.4 Å². The number of aliphatic carboxylic acids is 1. The largest absolute Gasteiger partial charge is 0.479 e. The fourth-order valence-corrected chi connectivity index (χ4v) is 2.18. The molecular weight excluding hydrogens is 240 g/mol. The Morgan fingerprint density at radius 1 is 0.895 bits per heavy atom. The van der Waals surface area contributed by atoms with Crippen molar-refractivity contribution in [1.82, 2.24) is 0 Å². The van der Waals surface area contributed by atoms with E-state index in [0.29, 0.717) is 13.0 Å². The fraction of sp³-hybridized carbons (Fsp3) is 0.938. The standard InChI is InChI=1S/C16H32O3/c1-3-5-6-7-8-9-10-11-12-13-14-19-15(4-2)16(17)18/h15H,3-14H2,1-2H3,(H,17,18). The van der Waals surface area contributed by atoms with Gasteiger partial charge in [-0.05, 0) is 12.8 Å². The number of hydrogen-bond acceptors (Lipinski definition) is 2. The van der Waals surface area contributed by atoms with Crippen molar-refractivity contribution < 1.29 is 14.6 Å². The third kappa shape index (κ3) is 12.2. The summed E-state index contributed by atoms with van der Waals surface area (Å²) in [6, 6.07) is 0. The molecule has 0 spiro atoms. The van der Waals surface area contributed by atoms with Crippen LogP contribution >= 0.6 is 0 Å². The van der Waals surface area contributed by atoms with Crippen LogP contribution in [0.2, 0.25) is 0 Å². The first-order valence-electron chi connectivity index (χ1n) is 8.06. The lowest BCUT2D eigenvalue weighted by Gasteiger charge is -2.10. The minimum atomic E-state index is -0.838. The van der Waals surface area contributed by atoms with E-state index in [0.717, 1.165) is 12.8 Å². The minimum Gasteiger partial charge on any atom is -0.479 e. The summed E-state index contributed by atoms with van der Waals surface area (Å²) in [7, 11) is 0. The molecule has 0 aliphatic rings. The number of ether oxygens (including phenoxy) is 1. The fourth-order valence-electron chi connectivity index (χ4n) is 2.18. The second-order valence-electron chi connectivity index (χ2n) is 5.29. The summed E-state index contributed by atoms with van der Waals surface area (Å²) in [5.74, 6) is -0.838. The maximum Gasteiger partial charge on any atom is 0.332 e. The topological polar surface area (TPSA) is 46.5 Å². The monoisotopic (exact) mass is 272 g/mol. The lowest BCUT2D eigenvalue weighted by Crippen LogP contribution is -2.23. The zero-order chi connectivity index (χ0) is 14.3. The molecule has 1 N–H and O–H groups in total. The molecule has 0 saturated carbocycles. The van der Waals surface area contributed by atoms with Gasteiger partial charge in [-0.1, -0.05) is 71.6 Å². The Morgan fingerprint density at radius 3 is 1.79 bits per heavy atom. The maximum atomic E-state index is 10.7. The van der Waals surface area contributed by atoms with E-state index in [2.05, 4.69) is 6.92 Å². The first-order valence-corrected chi connectivity index (χ1v) is 8.06. The van der Waals surface area contributed by atoms with Gasteiger partial charge in [-0.25, -0.2) is 4.79 Å². The molecule has 0 heterocycles. The van der Waals surface area contributed by atoms with Crippen molar-refractivity contribution in [3.63, 3.8) is 0 Å². The van der Waals surface area contributed by atoms with Gasteiger partial charge in [-0.15, -0.1) is 0 Å². The zero-order valence-electron chi connectivity index (χ0n) is 12.8. The highest BCUT2D eigenvalue weighted by Gasteiger charge is 2.14. The predicted molar refractivity (Wildman–Crippen MR) is 79.5 cm³/mol. The van der Waals surface area contributed by atoms with Crippen molar-refractivity contribution >= 4 is 5.97 Å². The molecule has 0 bridgehead atoms. The number of carboxylic acid groups (broad SMARTS) is 1. The molecule has 1 unspecified atom stereocenters. The van der Waals surface area contributed by atoms with Crippen molar-refractivity contribution in [3.05, 3.63) is 0 Å². The third-order valence-electron chi connectivity index (χ3n) is 3.46. The molecule has 114 valence electrons. The molecule has 0 aromatic heterocycles. The molecule has 0 amide bonds. The molecule has 0 rings (SSSR count). The lowest BCUT2D eigenvalue weighted by atomic mass is 10.1. The van der Waals surface area contributed by atoms with Gasteiger partial charge in [0, 0.05) is 6.61 Å². The van der Waals surface area contributed by atoms with Crippen LogP contribution in [0.3, 0.4) is 0 Å². The number of hydrogen-bond donors (Lipinski definition) is 1. The number of rotatable bonds is 14. The SMILES string of the molecule is CCCCCCCCCCCCOC(CC)C(=O)O. The lowest BCUT2D eigenvalue weighted by molar-refractivity contribution is -0.150. The van der Waals surface area contributed by atoms with Gasteiger partial charge in [0.25, 0.3) is 0 Å². The second kappa shape index (κ2) is 13.9. The molecule has 0 aromatic carbocycles. The van der Waals surface area contributed by atoms with Crippen LogP contribution in [-0.4, -0.2) is 23.8 Å². The van der Waals surface area contributed by atoms with Crippen LogP contribution in [0.25, 0.3) is 0 Å². The van der Waals surface area contributed by atoms with E-state index in [4.69, 9.17) is 9.84 Å². The van der Waals surface area contributed by atoms with Crippen molar-refractivity contribution in [2.24, 2.45) is 0 Å². The Balaban J connectivity index is 3.16. The molecule has 0 aromatic rings. The van der Waals surface area contributed by atoms with Crippen molar-refractivity contribution in [2.45, 2.75) is 90.6 Å². The molecule has 0 radical (unpaired) electrons. The molecule has 0 aliphatic heterocycles. The molecule has 1 atom stereocenters. The third-order valence-corrected chi connectivity index (χ3v) is 3.46. The van der Waals surface area contributed by atoms with Gasteiger partial charge in [0.1, 0.15) is 0 Å². The van der Waals surface area contributed by atoms with Gasteiger partial charge in [0.05, 0.1) is 0 Å². The van der Waals surface area contributed by atoms with Gasteiger partial charge in [-0.3, -0.25) is 0 Å². The van der Waals surface area contributed by atoms with E-state index in [9.17, 15) is 4.79 Å². The average Bonchev–Trinajstić information content (AvgIpc) is 2.40. The smallest absolute Gasteiger partial charge is 0.332 e. The van der Waals surface area contributed by atoms with E-state index in [1.54, 1.807) is 0 Å². The highest BCUT2D eigenvalue weighted by atomic mass is 16.5. The molecule has 3 nitrogen and oxygen atoms in total. The van der Waals surface area contributed by atoms with Gasteiger partial charge in [-0.2, -0.15) is 0 Å².